The number of anilines is 1. The fraction of sp³-hybridized carbons (Fsp3) is 0. The zero-order valence-electron chi connectivity index (χ0n) is 11.2. The van der Waals surface area contributed by atoms with Crippen molar-refractivity contribution in [1.29, 1.82) is 0 Å². The van der Waals surface area contributed by atoms with E-state index in [0.717, 1.165) is 0 Å². The summed E-state index contributed by atoms with van der Waals surface area (Å²) in [6.45, 7) is 0. The van der Waals surface area contributed by atoms with Crippen LogP contribution < -0.4 is 5.73 Å². The molecule has 0 amide bonds. The number of aromatic nitrogens is 3. The summed E-state index contributed by atoms with van der Waals surface area (Å²) < 4.78 is 13.9. The summed E-state index contributed by atoms with van der Waals surface area (Å²) in [4.78, 5) is 22.1. The maximum Gasteiger partial charge on any atom is 0.337 e. The highest BCUT2D eigenvalue weighted by Crippen LogP contribution is 2.30. The number of rotatable bonds is 3. The summed E-state index contributed by atoms with van der Waals surface area (Å²) in [5.74, 6) is -1.61. The van der Waals surface area contributed by atoms with E-state index in [9.17, 15) is 14.3 Å². The van der Waals surface area contributed by atoms with Crippen LogP contribution in [0, 0.1) is 5.82 Å². The Labute approximate surface area is 124 Å². The van der Waals surface area contributed by atoms with Crippen LogP contribution in [-0.4, -0.2) is 26.0 Å². The van der Waals surface area contributed by atoms with E-state index in [1.165, 1.54) is 30.5 Å². The molecule has 0 radical (unpaired) electrons. The molecule has 0 aliphatic carbocycles. The van der Waals surface area contributed by atoms with E-state index in [4.69, 9.17) is 5.73 Å². The summed E-state index contributed by atoms with van der Waals surface area (Å²) in [5, 5.41) is 9.33. The van der Waals surface area contributed by atoms with E-state index < -0.39 is 11.8 Å². The monoisotopic (exact) mass is 298 g/mol. The minimum atomic E-state index is -1.16. The number of nitrogens with zero attached hydrogens (tertiary/aromatic N) is 2. The SMILES string of the molecule is Nc1nccc(-c2cc(C(=O)O)c(-c3ccccc3F)[nH]2)n1. The number of carboxylic acid groups (broad SMARTS) is 1. The first-order valence-electron chi connectivity index (χ1n) is 6.36. The summed E-state index contributed by atoms with van der Waals surface area (Å²) >= 11 is 0. The van der Waals surface area contributed by atoms with Crippen LogP contribution in [0.2, 0.25) is 0 Å². The summed E-state index contributed by atoms with van der Waals surface area (Å²) in [6.07, 6.45) is 1.46. The van der Waals surface area contributed by atoms with Gasteiger partial charge in [-0.3, -0.25) is 0 Å². The van der Waals surface area contributed by atoms with Crippen LogP contribution in [0.5, 0.6) is 0 Å². The molecule has 0 saturated heterocycles. The molecule has 0 aliphatic rings. The molecule has 0 saturated carbocycles. The summed E-state index contributed by atoms with van der Waals surface area (Å²) in [6, 6.07) is 8.92. The molecule has 2 aromatic heterocycles. The lowest BCUT2D eigenvalue weighted by molar-refractivity contribution is 0.0698. The van der Waals surface area contributed by atoms with Crippen LogP contribution in [-0.2, 0) is 0 Å². The lowest BCUT2D eigenvalue weighted by atomic mass is 10.1. The first-order valence-corrected chi connectivity index (χ1v) is 6.36. The van der Waals surface area contributed by atoms with E-state index in [-0.39, 0.29) is 22.8 Å². The molecule has 2 heterocycles. The smallest absolute Gasteiger partial charge is 0.337 e. The lowest BCUT2D eigenvalue weighted by Gasteiger charge is -2.02. The predicted molar refractivity (Wildman–Crippen MR) is 78.6 cm³/mol. The van der Waals surface area contributed by atoms with Crippen LogP contribution >= 0.6 is 0 Å². The average Bonchev–Trinajstić information content (AvgIpc) is 2.93. The molecule has 0 spiro atoms. The predicted octanol–water partition coefficient (Wildman–Crippen LogP) is 2.56. The Kier molecular flexibility index (Phi) is 3.30. The van der Waals surface area contributed by atoms with E-state index in [1.807, 2.05) is 0 Å². The molecule has 0 atom stereocenters. The van der Waals surface area contributed by atoms with Gasteiger partial charge in [0.15, 0.2) is 0 Å². The van der Waals surface area contributed by atoms with Gasteiger partial charge in [-0.2, -0.15) is 0 Å². The Morgan fingerprint density at radius 2 is 2.05 bits per heavy atom. The number of carbonyl (C=O) groups is 1. The van der Waals surface area contributed by atoms with Crippen molar-refractivity contribution in [2.75, 3.05) is 5.73 Å². The largest absolute Gasteiger partial charge is 0.478 e. The third-order valence-corrected chi connectivity index (χ3v) is 3.14. The first-order chi connectivity index (χ1) is 10.6. The van der Waals surface area contributed by atoms with Crippen LogP contribution in [0.4, 0.5) is 10.3 Å². The fourth-order valence-corrected chi connectivity index (χ4v) is 2.16. The second-order valence-electron chi connectivity index (χ2n) is 4.56. The normalized spacial score (nSPS) is 10.6. The molecule has 1 aromatic carbocycles. The van der Waals surface area contributed by atoms with E-state index in [1.54, 1.807) is 12.1 Å². The number of carboxylic acids is 1. The van der Waals surface area contributed by atoms with E-state index in [0.29, 0.717) is 11.4 Å². The van der Waals surface area contributed by atoms with Gasteiger partial charge in [0, 0.05) is 11.8 Å². The minimum Gasteiger partial charge on any atom is -0.478 e. The highest BCUT2D eigenvalue weighted by Gasteiger charge is 2.19. The Morgan fingerprint density at radius 1 is 1.27 bits per heavy atom. The van der Waals surface area contributed by atoms with E-state index >= 15 is 0 Å². The maximum atomic E-state index is 13.9. The molecular formula is C15H11FN4O2. The number of benzene rings is 1. The Bertz CT molecular complexity index is 860. The number of aromatic amines is 1. The van der Waals surface area contributed by atoms with Crippen LogP contribution in [0.25, 0.3) is 22.6 Å². The highest BCUT2D eigenvalue weighted by atomic mass is 19.1. The van der Waals surface area contributed by atoms with Gasteiger partial charge in [-0.25, -0.2) is 19.2 Å². The molecule has 0 bridgehead atoms. The van der Waals surface area contributed by atoms with Gasteiger partial charge in [0.05, 0.1) is 22.6 Å². The zero-order valence-corrected chi connectivity index (χ0v) is 11.2. The topological polar surface area (TPSA) is 105 Å². The minimum absolute atomic E-state index is 0.0442. The number of halogens is 1. The van der Waals surface area contributed by atoms with Gasteiger partial charge < -0.3 is 15.8 Å². The standard InChI is InChI=1S/C15H11FN4O2/c16-10-4-2-1-3-8(10)13-9(14(21)22)7-12(19-13)11-5-6-18-15(17)20-11/h1-7,19H,(H,21,22)(H2,17,18,20). The van der Waals surface area contributed by atoms with Crippen molar-refractivity contribution in [3.05, 3.63) is 54.0 Å². The van der Waals surface area contributed by atoms with Crippen LogP contribution in [0.1, 0.15) is 10.4 Å². The van der Waals surface area contributed by atoms with Gasteiger partial charge >= 0.3 is 5.97 Å². The van der Waals surface area contributed by atoms with Gasteiger partial charge in [0.25, 0.3) is 0 Å². The Balaban J connectivity index is 2.19. The van der Waals surface area contributed by atoms with Gasteiger partial charge in [0.2, 0.25) is 5.95 Å². The zero-order chi connectivity index (χ0) is 15.7. The van der Waals surface area contributed by atoms with Gasteiger partial charge in [-0.15, -0.1) is 0 Å². The molecule has 0 aliphatic heterocycles. The van der Waals surface area contributed by atoms with E-state index in [2.05, 4.69) is 15.0 Å². The molecule has 3 aromatic rings. The molecule has 7 heteroatoms. The third kappa shape index (κ3) is 2.39. The van der Waals surface area contributed by atoms with Crippen molar-refractivity contribution in [1.82, 2.24) is 15.0 Å². The number of aromatic carboxylic acids is 1. The fourth-order valence-electron chi connectivity index (χ4n) is 2.16. The van der Waals surface area contributed by atoms with Crippen molar-refractivity contribution < 1.29 is 14.3 Å². The van der Waals surface area contributed by atoms with Gasteiger partial charge in [-0.05, 0) is 24.3 Å². The van der Waals surface area contributed by atoms with Crippen molar-refractivity contribution >= 4 is 11.9 Å². The number of nitrogens with one attached hydrogen (secondary N) is 1. The van der Waals surface area contributed by atoms with Crippen LogP contribution in [0.15, 0.2) is 42.6 Å². The molecule has 0 unspecified atom stereocenters. The number of hydrogen-bond donors (Lipinski definition) is 3. The number of nitrogen functional groups attached to an aromatic ring is 1. The second-order valence-corrected chi connectivity index (χ2v) is 4.56. The van der Waals surface area contributed by atoms with Crippen molar-refractivity contribution in [3.63, 3.8) is 0 Å². The number of hydrogen-bond acceptors (Lipinski definition) is 4. The van der Waals surface area contributed by atoms with Gasteiger partial charge in [0.1, 0.15) is 5.82 Å². The lowest BCUT2D eigenvalue weighted by Crippen LogP contribution is -1.97. The number of nitrogens with two attached hydrogens (primary N) is 1. The molecule has 0 fully saturated rings. The highest BCUT2D eigenvalue weighted by molar-refractivity contribution is 5.97. The van der Waals surface area contributed by atoms with Gasteiger partial charge in [-0.1, -0.05) is 12.1 Å². The summed E-state index contributed by atoms with van der Waals surface area (Å²) in [5.41, 5.74) is 6.68. The number of H-pyrrole nitrogens is 1. The Hall–Kier alpha value is -3.22. The molecular weight excluding hydrogens is 287 g/mol. The van der Waals surface area contributed by atoms with Crippen molar-refractivity contribution in [2.45, 2.75) is 0 Å². The van der Waals surface area contributed by atoms with Crippen LogP contribution in [0.3, 0.4) is 0 Å². The molecule has 3 rings (SSSR count). The molecule has 110 valence electrons. The maximum absolute atomic E-state index is 13.9. The average molecular weight is 298 g/mol. The van der Waals surface area contributed by atoms with Crippen molar-refractivity contribution in [3.8, 4) is 22.6 Å². The van der Waals surface area contributed by atoms with Crippen molar-refractivity contribution in [2.24, 2.45) is 0 Å². The molecule has 6 nitrogen and oxygen atoms in total. The first kappa shape index (κ1) is 13.7. The molecule has 4 N–H and O–H groups in total. The molecule has 22 heavy (non-hydrogen) atoms. The third-order valence-electron chi connectivity index (χ3n) is 3.14. The second kappa shape index (κ2) is 5.28. The Morgan fingerprint density at radius 3 is 2.73 bits per heavy atom. The summed E-state index contributed by atoms with van der Waals surface area (Å²) in [7, 11) is 0. The quantitative estimate of drug-likeness (QED) is 0.689.